The fourth-order valence-corrected chi connectivity index (χ4v) is 3.37. The minimum Gasteiger partial charge on any atom is -0.496 e. The van der Waals surface area contributed by atoms with Gasteiger partial charge < -0.3 is 14.2 Å². The van der Waals surface area contributed by atoms with E-state index in [-0.39, 0.29) is 27.7 Å². The third kappa shape index (κ3) is 4.35. The van der Waals surface area contributed by atoms with E-state index >= 15 is 0 Å². The number of benzene rings is 2. The van der Waals surface area contributed by atoms with Crippen molar-refractivity contribution in [1.29, 1.82) is 0 Å². The Bertz CT molecular complexity index is 1050. The van der Waals surface area contributed by atoms with Crippen LogP contribution in [0, 0.1) is 15.9 Å². The number of carbonyl (C=O) groups excluding carboxylic acids is 2. The molecule has 0 saturated carbocycles. The number of nitrogens with one attached hydrogen (secondary N) is 1. The van der Waals surface area contributed by atoms with E-state index in [0.717, 1.165) is 17.8 Å². The van der Waals surface area contributed by atoms with Crippen LogP contribution in [-0.2, 0) is 11.4 Å². The molecular weight excluding hydrogens is 419 g/mol. The van der Waals surface area contributed by atoms with Crippen LogP contribution < -0.4 is 19.5 Å². The average Bonchev–Trinajstić information content (AvgIpc) is 3.03. The van der Waals surface area contributed by atoms with Gasteiger partial charge in [-0.3, -0.25) is 25.0 Å². The van der Waals surface area contributed by atoms with Crippen LogP contribution in [0.4, 0.5) is 14.9 Å². The molecule has 0 atom stereocenters. The van der Waals surface area contributed by atoms with Gasteiger partial charge in [-0.25, -0.2) is 4.39 Å². The van der Waals surface area contributed by atoms with Crippen LogP contribution in [0.3, 0.4) is 0 Å². The van der Waals surface area contributed by atoms with Gasteiger partial charge in [-0.15, -0.1) is 0 Å². The van der Waals surface area contributed by atoms with Crippen LogP contribution in [0.2, 0.25) is 0 Å². The summed E-state index contributed by atoms with van der Waals surface area (Å²) < 4.78 is 30.3. The minimum absolute atomic E-state index is 0.159. The first-order chi connectivity index (χ1) is 14.3. The van der Waals surface area contributed by atoms with Crippen LogP contribution in [0.5, 0.6) is 17.2 Å². The van der Waals surface area contributed by atoms with Crippen LogP contribution in [0.25, 0.3) is 6.08 Å². The Balaban J connectivity index is 1.93. The fraction of sp³-hybridized carbons (Fsp3) is 0.158. The topological polar surface area (TPSA) is 117 Å². The van der Waals surface area contributed by atoms with Gasteiger partial charge in [-0.05, 0) is 23.9 Å². The van der Waals surface area contributed by atoms with Gasteiger partial charge in [0.1, 0.15) is 35.2 Å². The lowest BCUT2D eigenvalue weighted by molar-refractivity contribution is -0.386. The Morgan fingerprint density at radius 2 is 1.87 bits per heavy atom. The highest BCUT2D eigenvalue weighted by atomic mass is 32.2. The average molecular weight is 434 g/mol. The van der Waals surface area contributed by atoms with E-state index in [4.69, 9.17) is 14.2 Å². The Kier molecular flexibility index (Phi) is 6.21. The zero-order chi connectivity index (χ0) is 21.8. The molecule has 2 aromatic carbocycles. The summed E-state index contributed by atoms with van der Waals surface area (Å²) >= 11 is 0.738. The smallest absolute Gasteiger partial charge is 0.290 e. The molecule has 1 heterocycles. The summed E-state index contributed by atoms with van der Waals surface area (Å²) in [4.78, 5) is 33.8. The molecule has 0 spiro atoms. The molecule has 2 aromatic rings. The molecule has 1 fully saturated rings. The van der Waals surface area contributed by atoms with Crippen LogP contribution in [-0.4, -0.2) is 30.3 Å². The molecule has 0 radical (unpaired) electrons. The van der Waals surface area contributed by atoms with Crippen LogP contribution >= 0.6 is 11.8 Å². The molecule has 1 aliphatic rings. The lowest BCUT2D eigenvalue weighted by atomic mass is 10.1. The highest BCUT2D eigenvalue weighted by molar-refractivity contribution is 8.18. The number of carbonyl (C=O) groups is 2. The van der Waals surface area contributed by atoms with Gasteiger partial charge in [0.05, 0.1) is 29.6 Å². The second kappa shape index (κ2) is 8.82. The summed E-state index contributed by atoms with van der Waals surface area (Å²) in [5.41, 5.74) is -0.218. The van der Waals surface area contributed by atoms with Gasteiger partial charge in [0.2, 0.25) is 0 Å². The number of methoxy groups -OCH3 is 2. The summed E-state index contributed by atoms with van der Waals surface area (Å²) in [6.07, 6.45) is 1.44. The van der Waals surface area contributed by atoms with Gasteiger partial charge in [0, 0.05) is 18.2 Å². The van der Waals surface area contributed by atoms with Crippen LogP contribution in [0.1, 0.15) is 11.1 Å². The van der Waals surface area contributed by atoms with Crippen molar-refractivity contribution in [3.05, 3.63) is 62.3 Å². The van der Waals surface area contributed by atoms with E-state index < -0.39 is 34.2 Å². The van der Waals surface area contributed by atoms with Crippen molar-refractivity contribution >= 4 is 34.7 Å². The van der Waals surface area contributed by atoms with Crippen molar-refractivity contribution in [2.75, 3.05) is 14.2 Å². The molecule has 1 N–H and O–H groups in total. The maximum absolute atomic E-state index is 14.1. The monoisotopic (exact) mass is 434 g/mol. The molecule has 1 saturated heterocycles. The first kappa shape index (κ1) is 21.1. The van der Waals surface area contributed by atoms with Gasteiger partial charge >= 0.3 is 0 Å². The van der Waals surface area contributed by atoms with E-state index in [2.05, 4.69) is 5.32 Å². The second-order valence-electron chi connectivity index (χ2n) is 5.88. The number of hydrogen-bond donors (Lipinski definition) is 1. The minimum atomic E-state index is -0.765. The molecule has 0 bridgehead atoms. The quantitative estimate of drug-likeness (QED) is 0.399. The molecule has 0 aliphatic carbocycles. The number of halogens is 1. The molecule has 0 aromatic heterocycles. The van der Waals surface area contributed by atoms with E-state index in [1.807, 2.05) is 0 Å². The highest BCUT2D eigenvalue weighted by Gasteiger charge is 2.26. The normalized spacial score (nSPS) is 14.6. The molecule has 0 unspecified atom stereocenters. The lowest BCUT2D eigenvalue weighted by Crippen LogP contribution is -2.17. The van der Waals surface area contributed by atoms with E-state index in [1.54, 1.807) is 0 Å². The first-order valence-electron chi connectivity index (χ1n) is 8.39. The summed E-state index contributed by atoms with van der Waals surface area (Å²) in [6, 6.07) is 6.45. The van der Waals surface area contributed by atoms with Crippen molar-refractivity contribution in [2.24, 2.45) is 0 Å². The van der Waals surface area contributed by atoms with Gasteiger partial charge in [0.15, 0.2) is 0 Å². The molecule has 9 nitrogen and oxygen atoms in total. The summed E-state index contributed by atoms with van der Waals surface area (Å²) in [7, 11) is 2.77. The largest absolute Gasteiger partial charge is 0.496 e. The number of rotatable bonds is 7. The number of nitro benzene ring substituents is 1. The number of nitro groups is 1. The Morgan fingerprint density at radius 1 is 1.20 bits per heavy atom. The molecular formula is C19H15FN2O7S. The number of imide groups is 1. The maximum atomic E-state index is 14.1. The van der Waals surface area contributed by atoms with Gasteiger partial charge in [-0.1, -0.05) is 6.07 Å². The number of thioether (sulfide) groups is 1. The number of hydrogen-bond acceptors (Lipinski definition) is 8. The van der Waals surface area contributed by atoms with Gasteiger partial charge in [0.25, 0.3) is 16.8 Å². The summed E-state index contributed by atoms with van der Waals surface area (Å²) in [6.45, 7) is -0.400. The van der Waals surface area contributed by atoms with Crippen molar-refractivity contribution in [3.8, 4) is 17.2 Å². The standard InChI is InChI=1S/C19H15FN2O7S/c1-27-15-6-10(29-9-12-13(20)4-3-5-14(12)22(25)26)7-16(28-2)11(15)8-17-18(23)21-19(24)30-17/h3-8H,9H2,1-2H3,(H,21,23,24)/b17-8-. The zero-order valence-corrected chi connectivity index (χ0v) is 16.6. The van der Waals surface area contributed by atoms with Crippen molar-refractivity contribution in [3.63, 3.8) is 0 Å². The predicted octanol–water partition coefficient (Wildman–Crippen LogP) is 3.65. The predicted molar refractivity (Wildman–Crippen MR) is 106 cm³/mol. The molecule has 3 rings (SSSR count). The Hall–Kier alpha value is -3.60. The Morgan fingerprint density at radius 3 is 2.40 bits per heavy atom. The molecule has 11 heteroatoms. The number of nitrogens with zero attached hydrogens (tertiary/aromatic N) is 1. The number of ether oxygens (including phenoxy) is 3. The van der Waals surface area contributed by atoms with Crippen LogP contribution in [0.15, 0.2) is 35.2 Å². The number of amides is 2. The fourth-order valence-electron chi connectivity index (χ4n) is 2.71. The van der Waals surface area contributed by atoms with E-state index in [9.17, 15) is 24.1 Å². The van der Waals surface area contributed by atoms with E-state index in [1.165, 1.54) is 44.6 Å². The lowest BCUT2D eigenvalue weighted by Gasteiger charge is -2.14. The third-order valence-corrected chi connectivity index (χ3v) is 4.92. The van der Waals surface area contributed by atoms with Gasteiger partial charge in [-0.2, -0.15) is 0 Å². The molecule has 1 aliphatic heterocycles. The third-order valence-electron chi connectivity index (χ3n) is 4.11. The maximum Gasteiger partial charge on any atom is 0.290 e. The summed E-state index contributed by atoms with van der Waals surface area (Å²) in [5.74, 6) is -0.594. The molecule has 156 valence electrons. The zero-order valence-electron chi connectivity index (χ0n) is 15.8. The first-order valence-corrected chi connectivity index (χ1v) is 9.21. The van der Waals surface area contributed by atoms with Crippen molar-refractivity contribution in [1.82, 2.24) is 5.32 Å². The Labute approximate surface area is 174 Å². The highest BCUT2D eigenvalue weighted by Crippen LogP contribution is 2.38. The summed E-state index contributed by atoms with van der Waals surface area (Å²) in [5, 5.41) is 12.8. The molecule has 30 heavy (non-hydrogen) atoms. The van der Waals surface area contributed by atoms with E-state index in [0.29, 0.717) is 5.56 Å². The van der Waals surface area contributed by atoms with Crippen molar-refractivity contribution in [2.45, 2.75) is 6.61 Å². The molecule has 2 amide bonds. The van der Waals surface area contributed by atoms with Crippen molar-refractivity contribution < 1.29 is 33.1 Å². The second-order valence-corrected chi connectivity index (χ2v) is 6.89. The SMILES string of the molecule is COc1cc(OCc2c(F)cccc2[N+](=O)[O-])cc(OC)c1/C=C1\SC(=O)NC1=O.